The summed E-state index contributed by atoms with van der Waals surface area (Å²) in [7, 11) is 0. The summed E-state index contributed by atoms with van der Waals surface area (Å²) in [5, 5.41) is 0. The molecule has 0 fully saturated rings. The molecule has 0 spiro atoms. The van der Waals surface area contributed by atoms with E-state index in [1.165, 1.54) is 5.56 Å². The third-order valence-corrected chi connectivity index (χ3v) is 2.73. The van der Waals surface area contributed by atoms with Crippen LogP contribution < -0.4 is 5.73 Å². The number of hydrogen-bond donors (Lipinski definition) is 1. The molecule has 88 valence electrons. The van der Waals surface area contributed by atoms with Crippen molar-refractivity contribution in [3.05, 3.63) is 35.4 Å². The minimum Gasteiger partial charge on any atom is -0.328 e. The molecule has 1 aromatic rings. The number of nitrogens with two attached hydrogens (primary N) is 1. The van der Waals surface area contributed by atoms with Crippen molar-refractivity contribution in [1.29, 1.82) is 0 Å². The molecule has 0 aliphatic rings. The van der Waals surface area contributed by atoms with Gasteiger partial charge in [0.1, 0.15) is 0 Å². The highest BCUT2D eigenvalue weighted by Gasteiger charge is 2.07. The van der Waals surface area contributed by atoms with Crippen LogP contribution in [0.4, 0.5) is 0 Å². The molecule has 2 N–H and O–H groups in total. The summed E-state index contributed by atoms with van der Waals surface area (Å²) in [5.74, 6) is 0.695. The van der Waals surface area contributed by atoms with Crippen molar-refractivity contribution >= 4 is 5.78 Å². The first-order valence-electron chi connectivity index (χ1n) is 5.89. The zero-order valence-electron chi connectivity index (χ0n) is 10.4. The number of Topliss-reactive ketones (excluding diaryl/α,β-unsaturated/α-hetero) is 1. The Morgan fingerprint density at radius 3 is 2.19 bits per heavy atom. The Morgan fingerprint density at radius 2 is 1.75 bits per heavy atom. The molecule has 0 heterocycles. The van der Waals surface area contributed by atoms with Gasteiger partial charge in [-0.15, -0.1) is 0 Å². The molecule has 1 rings (SSSR count). The van der Waals surface area contributed by atoms with Gasteiger partial charge in [-0.05, 0) is 24.8 Å². The van der Waals surface area contributed by atoms with E-state index in [1.54, 1.807) is 0 Å². The van der Waals surface area contributed by atoms with E-state index >= 15 is 0 Å². The summed E-state index contributed by atoms with van der Waals surface area (Å²) in [6.45, 7) is 6.22. The van der Waals surface area contributed by atoms with Crippen molar-refractivity contribution in [3.8, 4) is 0 Å². The SMILES string of the molecule is CC(N)CCC(=O)c1ccc(C(C)C)cc1. The fourth-order valence-electron chi connectivity index (χ4n) is 1.56. The average Bonchev–Trinajstić information content (AvgIpc) is 2.26. The molecule has 0 radical (unpaired) electrons. The standard InChI is InChI=1S/C14H21NO/c1-10(2)12-5-7-13(8-6-12)14(16)9-4-11(3)15/h5-8,10-11H,4,9,15H2,1-3H3. The maximum atomic E-state index is 11.8. The highest BCUT2D eigenvalue weighted by molar-refractivity contribution is 5.96. The van der Waals surface area contributed by atoms with E-state index in [-0.39, 0.29) is 11.8 Å². The van der Waals surface area contributed by atoms with Crippen LogP contribution in [0.5, 0.6) is 0 Å². The van der Waals surface area contributed by atoms with Gasteiger partial charge in [-0.25, -0.2) is 0 Å². The molecular weight excluding hydrogens is 198 g/mol. The zero-order valence-corrected chi connectivity index (χ0v) is 10.4. The van der Waals surface area contributed by atoms with Gasteiger partial charge in [0, 0.05) is 18.0 Å². The van der Waals surface area contributed by atoms with Gasteiger partial charge < -0.3 is 5.73 Å². The van der Waals surface area contributed by atoms with Gasteiger partial charge >= 0.3 is 0 Å². The van der Waals surface area contributed by atoms with E-state index in [4.69, 9.17) is 5.73 Å². The Balaban J connectivity index is 2.63. The van der Waals surface area contributed by atoms with E-state index in [0.717, 1.165) is 12.0 Å². The Hall–Kier alpha value is -1.15. The molecule has 0 aromatic heterocycles. The molecular formula is C14H21NO. The van der Waals surface area contributed by atoms with E-state index in [2.05, 4.69) is 13.8 Å². The lowest BCUT2D eigenvalue weighted by molar-refractivity contribution is 0.0978. The van der Waals surface area contributed by atoms with Gasteiger partial charge in [0.05, 0.1) is 0 Å². The fourth-order valence-corrected chi connectivity index (χ4v) is 1.56. The van der Waals surface area contributed by atoms with Gasteiger partial charge in [0.2, 0.25) is 0 Å². The summed E-state index contributed by atoms with van der Waals surface area (Å²) in [4.78, 5) is 11.8. The Labute approximate surface area is 97.9 Å². The van der Waals surface area contributed by atoms with Crippen molar-refractivity contribution in [1.82, 2.24) is 0 Å². The molecule has 1 aromatic carbocycles. The lowest BCUT2D eigenvalue weighted by Crippen LogP contribution is -2.16. The lowest BCUT2D eigenvalue weighted by atomic mass is 9.99. The van der Waals surface area contributed by atoms with Crippen molar-refractivity contribution in [2.45, 2.75) is 45.6 Å². The minimum atomic E-state index is 0.0962. The second-order valence-electron chi connectivity index (χ2n) is 4.72. The molecule has 1 atom stereocenters. The molecule has 0 aliphatic carbocycles. The van der Waals surface area contributed by atoms with Crippen LogP contribution in [0.1, 0.15) is 55.5 Å². The van der Waals surface area contributed by atoms with Crippen LogP contribution in [-0.2, 0) is 0 Å². The van der Waals surface area contributed by atoms with Crippen LogP contribution in [0.3, 0.4) is 0 Å². The minimum absolute atomic E-state index is 0.0962. The Morgan fingerprint density at radius 1 is 1.19 bits per heavy atom. The highest BCUT2D eigenvalue weighted by atomic mass is 16.1. The predicted molar refractivity (Wildman–Crippen MR) is 67.7 cm³/mol. The first kappa shape index (κ1) is 12.9. The second-order valence-corrected chi connectivity index (χ2v) is 4.72. The van der Waals surface area contributed by atoms with Gasteiger partial charge in [-0.1, -0.05) is 38.1 Å². The molecule has 16 heavy (non-hydrogen) atoms. The molecule has 2 nitrogen and oxygen atoms in total. The maximum absolute atomic E-state index is 11.8. The van der Waals surface area contributed by atoms with Gasteiger partial charge in [0.25, 0.3) is 0 Å². The highest BCUT2D eigenvalue weighted by Crippen LogP contribution is 2.15. The molecule has 0 aliphatic heterocycles. The van der Waals surface area contributed by atoms with E-state index in [1.807, 2.05) is 31.2 Å². The van der Waals surface area contributed by atoms with Crippen LogP contribution >= 0.6 is 0 Å². The first-order valence-corrected chi connectivity index (χ1v) is 5.89. The van der Waals surface area contributed by atoms with Crippen molar-refractivity contribution < 1.29 is 4.79 Å². The largest absolute Gasteiger partial charge is 0.328 e. The van der Waals surface area contributed by atoms with Crippen LogP contribution in [0.15, 0.2) is 24.3 Å². The molecule has 1 unspecified atom stereocenters. The summed E-state index contributed by atoms with van der Waals surface area (Å²) >= 11 is 0. The average molecular weight is 219 g/mol. The van der Waals surface area contributed by atoms with Crippen molar-refractivity contribution in [2.24, 2.45) is 5.73 Å². The van der Waals surface area contributed by atoms with Gasteiger partial charge in [-0.3, -0.25) is 4.79 Å². The lowest BCUT2D eigenvalue weighted by Gasteiger charge is -2.07. The normalized spacial score (nSPS) is 12.8. The quantitative estimate of drug-likeness (QED) is 0.773. The van der Waals surface area contributed by atoms with Crippen LogP contribution in [0.2, 0.25) is 0 Å². The third kappa shape index (κ3) is 3.78. The predicted octanol–water partition coefficient (Wildman–Crippen LogP) is 3.12. The number of rotatable bonds is 5. The van der Waals surface area contributed by atoms with Gasteiger partial charge in [-0.2, -0.15) is 0 Å². The van der Waals surface area contributed by atoms with Crippen molar-refractivity contribution in [2.75, 3.05) is 0 Å². The first-order chi connectivity index (χ1) is 7.50. The zero-order chi connectivity index (χ0) is 12.1. The van der Waals surface area contributed by atoms with Crippen LogP contribution in [0, 0.1) is 0 Å². The fraction of sp³-hybridized carbons (Fsp3) is 0.500. The Bertz CT molecular complexity index is 338. The molecule has 0 saturated heterocycles. The summed E-state index contributed by atoms with van der Waals surface area (Å²) in [5.41, 5.74) is 7.69. The van der Waals surface area contributed by atoms with Crippen molar-refractivity contribution in [3.63, 3.8) is 0 Å². The second kappa shape index (κ2) is 5.80. The summed E-state index contributed by atoms with van der Waals surface area (Å²) in [6, 6.07) is 7.99. The number of carbonyl (C=O) groups is 1. The van der Waals surface area contributed by atoms with E-state index in [0.29, 0.717) is 12.3 Å². The topological polar surface area (TPSA) is 43.1 Å². The number of hydrogen-bond acceptors (Lipinski definition) is 2. The van der Waals surface area contributed by atoms with Crippen LogP contribution in [0.25, 0.3) is 0 Å². The number of benzene rings is 1. The molecule has 0 bridgehead atoms. The van der Waals surface area contributed by atoms with Gasteiger partial charge in [0.15, 0.2) is 5.78 Å². The number of carbonyl (C=O) groups excluding carboxylic acids is 1. The molecule has 0 amide bonds. The Kier molecular flexibility index (Phi) is 4.69. The van der Waals surface area contributed by atoms with E-state index in [9.17, 15) is 4.79 Å². The summed E-state index contributed by atoms with van der Waals surface area (Å²) < 4.78 is 0. The number of ketones is 1. The summed E-state index contributed by atoms with van der Waals surface area (Å²) in [6.07, 6.45) is 1.30. The van der Waals surface area contributed by atoms with E-state index < -0.39 is 0 Å². The molecule has 2 heteroatoms. The third-order valence-electron chi connectivity index (χ3n) is 2.73. The maximum Gasteiger partial charge on any atom is 0.162 e. The molecule has 0 saturated carbocycles. The smallest absolute Gasteiger partial charge is 0.162 e. The van der Waals surface area contributed by atoms with Crippen LogP contribution in [-0.4, -0.2) is 11.8 Å². The monoisotopic (exact) mass is 219 g/mol.